The van der Waals surface area contributed by atoms with Gasteiger partial charge in [0.25, 0.3) is 0 Å². The summed E-state index contributed by atoms with van der Waals surface area (Å²) >= 11 is 12.3. The molecule has 1 aromatic heterocycles. The van der Waals surface area contributed by atoms with Crippen LogP contribution in [0.1, 0.15) is 26.6 Å². The highest BCUT2D eigenvalue weighted by molar-refractivity contribution is 6.35. The van der Waals surface area contributed by atoms with Gasteiger partial charge in [-0.05, 0) is 18.2 Å². The molecule has 112 valence electrons. The van der Waals surface area contributed by atoms with E-state index in [2.05, 4.69) is 27.4 Å². The summed E-state index contributed by atoms with van der Waals surface area (Å²) in [4.78, 5) is 4.72. The van der Waals surface area contributed by atoms with Crippen molar-refractivity contribution in [3.05, 3.63) is 46.7 Å². The van der Waals surface area contributed by atoms with Gasteiger partial charge in [-0.1, -0.05) is 50.0 Å². The fourth-order valence-corrected chi connectivity index (χ4v) is 2.61. The number of nitrogens with two attached hydrogens (primary N) is 1. The van der Waals surface area contributed by atoms with Crippen LogP contribution >= 0.6 is 23.2 Å². The molecule has 1 aromatic carbocycles. The average molecular weight is 324 g/mol. The first-order valence-corrected chi connectivity index (χ1v) is 7.44. The number of hydrogen-bond acceptors (Lipinski definition) is 2. The predicted molar refractivity (Wildman–Crippen MR) is 91.0 cm³/mol. The lowest BCUT2D eigenvalue weighted by Gasteiger charge is -2.19. The molecule has 0 unspecified atom stereocenters. The number of halogens is 2. The molecule has 2 aromatic rings. The molecule has 0 radical (unpaired) electrons. The zero-order valence-corrected chi connectivity index (χ0v) is 14.0. The van der Waals surface area contributed by atoms with E-state index in [0.29, 0.717) is 28.1 Å². The third-order valence-electron chi connectivity index (χ3n) is 3.17. The zero-order valence-electron chi connectivity index (χ0n) is 12.5. The second-order valence-corrected chi connectivity index (χ2v) is 6.79. The Labute approximate surface area is 135 Å². The summed E-state index contributed by atoms with van der Waals surface area (Å²) in [5, 5.41) is 1.18. The van der Waals surface area contributed by atoms with Gasteiger partial charge in [-0.2, -0.15) is 0 Å². The Bertz CT molecular complexity index is 682. The minimum absolute atomic E-state index is 0.138. The Kier molecular flexibility index (Phi) is 4.35. The highest BCUT2D eigenvalue weighted by atomic mass is 35.5. The van der Waals surface area contributed by atoms with Crippen molar-refractivity contribution >= 4 is 29.0 Å². The van der Waals surface area contributed by atoms with Crippen LogP contribution in [0.5, 0.6) is 0 Å². The van der Waals surface area contributed by atoms with Crippen molar-refractivity contribution in [3.63, 3.8) is 0 Å². The smallest absolute Gasteiger partial charge is 0.132 e. The van der Waals surface area contributed by atoms with Gasteiger partial charge in [0, 0.05) is 22.5 Å². The summed E-state index contributed by atoms with van der Waals surface area (Å²) in [5.74, 6) is 1.47. The molecular formula is C16H19Cl2N3. The molecule has 2 N–H and O–H groups in total. The van der Waals surface area contributed by atoms with Gasteiger partial charge in [0.1, 0.15) is 17.3 Å². The minimum atomic E-state index is -0.138. The topological polar surface area (TPSA) is 43.8 Å². The van der Waals surface area contributed by atoms with E-state index in [0.717, 1.165) is 11.4 Å². The maximum Gasteiger partial charge on any atom is 0.132 e. The monoisotopic (exact) mass is 323 g/mol. The van der Waals surface area contributed by atoms with E-state index < -0.39 is 0 Å². The van der Waals surface area contributed by atoms with Crippen LogP contribution < -0.4 is 5.73 Å². The van der Waals surface area contributed by atoms with Gasteiger partial charge in [0.2, 0.25) is 0 Å². The molecule has 5 heteroatoms. The molecule has 0 amide bonds. The number of aromatic nitrogens is 2. The van der Waals surface area contributed by atoms with Crippen molar-refractivity contribution in [2.24, 2.45) is 0 Å². The van der Waals surface area contributed by atoms with Crippen molar-refractivity contribution < 1.29 is 0 Å². The lowest BCUT2D eigenvalue weighted by atomic mass is 9.95. The van der Waals surface area contributed by atoms with Crippen LogP contribution in [0, 0.1) is 0 Å². The van der Waals surface area contributed by atoms with E-state index in [1.165, 1.54) is 0 Å². The molecule has 0 aliphatic heterocycles. The van der Waals surface area contributed by atoms with Crippen LogP contribution in [0.25, 0.3) is 11.3 Å². The molecule has 1 heterocycles. The van der Waals surface area contributed by atoms with Gasteiger partial charge in [0.15, 0.2) is 0 Å². The molecule has 0 bridgehead atoms. The summed E-state index contributed by atoms with van der Waals surface area (Å²) in [6.45, 7) is 10.7. The van der Waals surface area contributed by atoms with Crippen molar-refractivity contribution in [1.29, 1.82) is 0 Å². The summed E-state index contributed by atoms with van der Waals surface area (Å²) in [5.41, 5.74) is 7.56. The standard InChI is InChI=1S/C16H19Cl2N3/c1-5-8-21-14(19)13(20-15(21)16(2,3)4)11-9-10(17)6-7-12(11)18/h5-7,9H,1,8,19H2,2-4H3. The molecule has 0 saturated heterocycles. The summed E-state index contributed by atoms with van der Waals surface area (Å²) in [7, 11) is 0. The van der Waals surface area contributed by atoms with Gasteiger partial charge in [-0.25, -0.2) is 4.98 Å². The highest BCUT2D eigenvalue weighted by Crippen LogP contribution is 2.36. The Balaban J connectivity index is 2.70. The molecule has 3 nitrogen and oxygen atoms in total. The normalized spacial score (nSPS) is 11.7. The molecule has 21 heavy (non-hydrogen) atoms. The number of nitrogens with zero attached hydrogens (tertiary/aromatic N) is 2. The number of rotatable bonds is 3. The maximum atomic E-state index is 6.29. The van der Waals surface area contributed by atoms with E-state index in [4.69, 9.17) is 33.9 Å². The first kappa shape index (κ1) is 15.9. The Morgan fingerprint density at radius 3 is 2.57 bits per heavy atom. The van der Waals surface area contributed by atoms with Crippen molar-refractivity contribution in [3.8, 4) is 11.3 Å². The second-order valence-electron chi connectivity index (χ2n) is 5.94. The van der Waals surface area contributed by atoms with Gasteiger partial charge in [-0.15, -0.1) is 6.58 Å². The maximum absolute atomic E-state index is 6.29. The molecular weight excluding hydrogens is 305 g/mol. The molecule has 0 aliphatic carbocycles. The summed E-state index contributed by atoms with van der Waals surface area (Å²) in [6, 6.07) is 5.28. The van der Waals surface area contributed by atoms with Gasteiger partial charge in [0.05, 0.1) is 5.02 Å². The molecule has 0 saturated carbocycles. The quantitative estimate of drug-likeness (QED) is 0.814. The van der Waals surface area contributed by atoms with Gasteiger partial charge in [-0.3, -0.25) is 0 Å². The molecule has 0 aliphatic rings. The lowest BCUT2D eigenvalue weighted by Crippen LogP contribution is -2.19. The largest absolute Gasteiger partial charge is 0.383 e. The Morgan fingerprint density at radius 1 is 1.33 bits per heavy atom. The lowest BCUT2D eigenvalue weighted by molar-refractivity contribution is 0.515. The van der Waals surface area contributed by atoms with Crippen LogP contribution in [0.2, 0.25) is 10.0 Å². The Morgan fingerprint density at radius 2 is 2.00 bits per heavy atom. The fraction of sp³-hybridized carbons (Fsp3) is 0.312. The van der Waals surface area contributed by atoms with Crippen LogP contribution in [-0.2, 0) is 12.0 Å². The van der Waals surface area contributed by atoms with Crippen LogP contribution in [0.3, 0.4) is 0 Å². The first-order chi connectivity index (χ1) is 9.75. The van der Waals surface area contributed by atoms with E-state index >= 15 is 0 Å². The zero-order chi connectivity index (χ0) is 15.8. The second kappa shape index (κ2) is 5.74. The summed E-state index contributed by atoms with van der Waals surface area (Å²) < 4.78 is 1.96. The number of allylic oxidation sites excluding steroid dienone is 1. The number of nitrogen functional groups attached to an aromatic ring is 1. The number of benzene rings is 1. The van der Waals surface area contributed by atoms with Crippen molar-refractivity contribution in [2.75, 3.05) is 5.73 Å². The molecule has 0 atom stereocenters. The highest BCUT2D eigenvalue weighted by Gasteiger charge is 2.25. The predicted octanol–water partition coefficient (Wildman–Crippen LogP) is 4.92. The third kappa shape index (κ3) is 3.09. The van der Waals surface area contributed by atoms with Crippen LogP contribution in [-0.4, -0.2) is 9.55 Å². The third-order valence-corrected chi connectivity index (χ3v) is 3.74. The van der Waals surface area contributed by atoms with Gasteiger partial charge < -0.3 is 10.3 Å². The van der Waals surface area contributed by atoms with E-state index in [9.17, 15) is 0 Å². The van der Waals surface area contributed by atoms with E-state index in [-0.39, 0.29) is 5.41 Å². The van der Waals surface area contributed by atoms with E-state index in [1.54, 1.807) is 24.3 Å². The molecule has 2 rings (SSSR count). The van der Waals surface area contributed by atoms with Crippen LogP contribution in [0.4, 0.5) is 5.82 Å². The molecule has 0 spiro atoms. The number of anilines is 1. The minimum Gasteiger partial charge on any atom is -0.383 e. The first-order valence-electron chi connectivity index (χ1n) is 6.68. The van der Waals surface area contributed by atoms with E-state index in [1.807, 2.05) is 4.57 Å². The van der Waals surface area contributed by atoms with Gasteiger partial charge >= 0.3 is 0 Å². The SMILES string of the molecule is C=CCn1c(C(C)(C)C)nc(-c2cc(Cl)ccc2Cl)c1N. The van der Waals surface area contributed by atoms with Crippen LogP contribution in [0.15, 0.2) is 30.9 Å². The van der Waals surface area contributed by atoms with Crippen molar-refractivity contribution in [2.45, 2.75) is 32.7 Å². The average Bonchev–Trinajstić information content (AvgIpc) is 2.71. The Hall–Kier alpha value is -1.45. The summed E-state index contributed by atoms with van der Waals surface area (Å²) in [6.07, 6.45) is 1.80. The number of hydrogen-bond donors (Lipinski definition) is 1. The molecule has 0 fully saturated rings. The number of imidazole rings is 1. The fourth-order valence-electron chi connectivity index (χ4n) is 2.23. The van der Waals surface area contributed by atoms with Crippen molar-refractivity contribution in [1.82, 2.24) is 9.55 Å².